The Kier molecular flexibility index (Phi) is 6.16. The molecule has 7 nitrogen and oxygen atoms in total. The third kappa shape index (κ3) is 3.21. The smallest absolute Gasteiger partial charge is 0.312 e. The maximum atomic E-state index is 12.8. The van der Waals surface area contributed by atoms with Crippen LogP contribution in [0.2, 0.25) is 0 Å². The topological polar surface area (TPSA) is 138 Å². The van der Waals surface area contributed by atoms with Crippen LogP contribution in [0, 0.1) is 50.2 Å². The highest BCUT2D eigenvalue weighted by Gasteiger charge is 2.72. The van der Waals surface area contributed by atoms with E-state index >= 15 is 0 Å². The van der Waals surface area contributed by atoms with Crippen LogP contribution < -0.4 is 0 Å². The van der Waals surface area contributed by atoms with Gasteiger partial charge in [-0.3, -0.25) is 4.79 Å². The Morgan fingerprint density at radius 1 is 0.919 bits per heavy atom. The number of hydrogen-bond acceptors (Lipinski definition) is 6. The van der Waals surface area contributed by atoms with Gasteiger partial charge in [0.1, 0.15) is 5.41 Å². The van der Waals surface area contributed by atoms with Crippen molar-refractivity contribution in [3.05, 3.63) is 11.6 Å². The summed E-state index contributed by atoms with van der Waals surface area (Å²) < 4.78 is 0. The van der Waals surface area contributed by atoms with E-state index in [1.165, 1.54) is 5.57 Å². The maximum Gasteiger partial charge on any atom is 0.312 e. The molecule has 0 bridgehead atoms. The minimum Gasteiger partial charge on any atom is -0.481 e. The fourth-order valence-corrected chi connectivity index (χ4v) is 10.9. The summed E-state index contributed by atoms with van der Waals surface area (Å²) in [5, 5.41) is 65.1. The van der Waals surface area contributed by atoms with Crippen molar-refractivity contribution in [3.63, 3.8) is 0 Å². The van der Waals surface area contributed by atoms with Crippen molar-refractivity contribution < 1.29 is 35.4 Å². The van der Waals surface area contributed by atoms with Gasteiger partial charge in [0.25, 0.3) is 0 Å². The van der Waals surface area contributed by atoms with Crippen molar-refractivity contribution in [3.8, 4) is 0 Å². The molecule has 37 heavy (non-hydrogen) atoms. The van der Waals surface area contributed by atoms with Crippen molar-refractivity contribution in [2.75, 3.05) is 13.2 Å². The molecule has 5 aliphatic rings. The second-order valence-corrected chi connectivity index (χ2v) is 15.0. The highest BCUT2D eigenvalue weighted by molar-refractivity contribution is 5.77. The molecule has 0 heterocycles. The molecule has 210 valence electrons. The Labute approximate surface area is 221 Å². The van der Waals surface area contributed by atoms with Crippen LogP contribution in [-0.2, 0) is 4.79 Å². The molecule has 0 saturated heterocycles. The minimum absolute atomic E-state index is 0.00467. The summed E-state index contributed by atoms with van der Waals surface area (Å²) in [4.78, 5) is 12.8. The summed E-state index contributed by atoms with van der Waals surface area (Å²) in [7, 11) is 0. The van der Waals surface area contributed by atoms with Gasteiger partial charge in [0.2, 0.25) is 0 Å². The molecule has 6 N–H and O–H groups in total. The summed E-state index contributed by atoms with van der Waals surface area (Å²) in [5.74, 6) is -1.18. The Hall–Kier alpha value is -0.990. The zero-order chi connectivity index (χ0) is 27.4. The molecule has 0 aromatic carbocycles. The highest BCUT2D eigenvalue weighted by Crippen LogP contribution is 2.75. The van der Waals surface area contributed by atoms with Gasteiger partial charge in [-0.15, -0.1) is 0 Å². The number of carboxylic acids is 1. The predicted molar refractivity (Wildman–Crippen MR) is 138 cm³/mol. The Morgan fingerprint density at radius 3 is 2.16 bits per heavy atom. The van der Waals surface area contributed by atoms with Crippen molar-refractivity contribution >= 4 is 5.97 Å². The largest absolute Gasteiger partial charge is 0.481 e. The quantitative estimate of drug-likeness (QED) is 0.314. The van der Waals surface area contributed by atoms with Crippen LogP contribution in [0.15, 0.2) is 11.6 Å². The molecule has 4 fully saturated rings. The van der Waals surface area contributed by atoms with Gasteiger partial charge in [0.05, 0.1) is 31.5 Å². The third-order valence-electron chi connectivity index (χ3n) is 13.2. The lowest BCUT2D eigenvalue weighted by molar-refractivity contribution is -0.260. The van der Waals surface area contributed by atoms with Gasteiger partial charge in [0.15, 0.2) is 0 Å². The number of carboxylic acid groups (broad SMARTS) is 1. The Balaban J connectivity index is 1.64. The first kappa shape index (κ1) is 27.6. The number of carbonyl (C=O) groups is 1. The zero-order valence-corrected chi connectivity index (χ0v) is 23.2. The molecule has 0 spiro atoms. The van der Waals surface area contributed by atoms with Crippen LogP contribution in [0.25, 0.3) is 0 Å². The number of allylic oxidation sites excluding steroid dienone is 2. The Bertz CT molecular complexity index is 986. The van der Waals surface area contributed by atoms with Crippen LogP contribution in [0.4, 0.5) is 0 Å². The molecule has 5 rings (SSSR count). The van der Waals surface area contributed by atoms with Crippen LogP contribution in [0.3, 0.4) is 0 Å². The van der Waals surface area contributed by atoms with Crippen molar-refractivity contribution in [2.24, 2.45) is 50.2 Å². The molecule has 0 aromatic heterocycles. The van der Waals surface area contributed by atoms with E-state index in [1.807, 2.05) is 0 Å². The molecule has 0 aliphatic heterocycles. The van der Waals surface area contributed by atoms with Crippen molar-refractivity contribution in [1.82, 2.24) is 0 Å². The van der Waals surface area contributed by atoms with E-state index in [9.17, 15) is 35.4 Å². The average Bonchev–Trinajstić information content (AvgIpc) is 2.80. The van der Waals surface area contributed by atoms with Gasteiger partial charge in [0, 0.05) is 5.41 Å². The standard InChI is InChI=1S/C30H48O7/c1-25(2)10-11-30(24(36)37)18(12-25)17-6-7-20-26(3)13-19(33)23(35)29(15-31,16-32)21(26)8-9-27(20,4)28(17,5)14-22(30)34/h6,18-23,31-35H,7-16H2,1-5H3,(H,36,37)/t18-,19-,20-,21-,22+,23-,26-,27+,28-,30+/m1/s1. The second kappa shape index (κ2) is 8.26. The van der Waals surface area contributed by atoms with Gasteiger partial charge in [-0.1, -0.05) is 46.3 Å². The number of hydrogen-bond donors (Lipinski definition) is 6. The van der Waals surface area contributed by atoms with E-state index in [1.54, 1.807) is 0 Å². The first-order valence-corrected chi connectivity index (χ1v) is 14.3. The van der Waals surface area contributed by atoms with Gasteiger partial charge in [-0.2, -0.15) is 0 Å². The molecule has 10 atom stereocenters. The normalized spacial score (nSPS) is 52.1. The molecule has 5 aliphatic carbocycles. The van der Waals surface area contributed by atoms with Crippen molar-refractivity contribution in [2.45, 2.75) is 104 Å². The predicted octanol–water partition coefficient (Wildman–Crippen LogP) is 3.12. The maximum absolute atomic E-state index is 12.8. The van der Waals surface area contributed by atoms with E-state index in [-0.39, 0.29) is 41.8 Å². The Morgan fingerprint density at radius 2 is 1.57 bits per heavy atom. The van der Waals surface area contributed by atoms with E-state index < -0.39 is 45.9 Å². The molecule has 4 saturated carbocycles. The third-order valence-corrected chi connectivity index (χ3v) is 13.2. The highest BCUT2D eigenvalue weighted by atomic mass is 16.4. The molecule has 0 radical (unpaired) electrons. The SMILES string of the molecule is CC1(C)CC[C@]2(C(=O)O)[C@H](C1)C1=CC[C@@H]3[C@@]4(C)C[C@@H](O)[C@@H](O)C(CO)(CO)[C@@H]4CC[C@]3(C)[C@]1(C)C[C@@H]2O. The minimum atomic E-state index is -1.19. The summed E-state index contributed by atoms with van der Waals surface area (Å²) in [5.41, 5.74) is -2.26. The number of aliphatic hydroxyl groups excluding tert-OH is 5. The van der Waals surface area contributed by atoms with Crippen LogP contribution >= 0.6 is 0 Å². The molecular weight excluding hydrogens is 472 g/mol. The average molecular weight is 521 g/mol. The fourth-order valence-electron chi connectivity index (χ4n) is 10.9. The second-order valence-electron chi connectivity index (χ2n) is 15.0. The lowest BCUT2D eigenvalue weighted by Crippen LogP contribution is -2.70. The van der Waals surface area contributed by atoms with Gasteiger partial charge < -0.3 is 30.6 Å². The summed E-state index contributed by atoms with van der Waals surface area (Å²) in [6.07, 6.45) is 4.08. The van der Waals surface area contributed by atoms with E-state index in [4.69, 9.17) is 0 Å². The van der Waals surface area contributed by atoms with E-state index in [0.717, 1.165) is 25.7 Å². The number of aliphatic hydroxyl groups is 5. The van der Waals surface area contributed by atoms with E-state index in [0.29, 0.717) is 25.7 Å². The molecule has 0 aromatic rings. The van der Waals surface area contributed by atoms with Gasteiger partial charge in [-0.05, 0) is 90.8 Å². The number of rotatable bonds is 3. The lowest BCUT2D eigenvalue weighted by atomic mass is 9.33. The first-order chi connectivity index (χ1) is 17.1. The summed E-state index contributed by atoms with van der Waals surface area (Å²) in [6.45, 7) is 10.3. The molecule has 0 unspecified atom stereocenters. The molecule has 0 amide bonds. The van der Waals surface area contributed by atoms with Crippen LogP contribution in [0.5, 0.6) is 0 Å². The van der Waals surface area contributed by atoms with Crippen LogP contribution in [0.1, 0.15) is 86.0 Å². The number of fused-ring (bicyclic) bond motifs is 7. The summed E-state index contributed by atoms with van der Waals surface area (Å²) in [6, 6.07) is 0. The van der Waals surface area contributed by atoms with Gasteiger partial charge in [-0.25, -0.2) is 0 Å². The monoisotopic (exact) mass is 520 g/mol. The van der Waals surface area contributed by atoms with Crippen LogP contribution in [-0.4, -0.2) is 68.1 Å². The van der Waals surface area contributed by atoms with Gasteiger partial charge >= 0.3 is 5.97 Å². The number of aliphatic carboxylic acids is 1. The molecule has 7 heteroatoms. The molecular formula is C30H48O7. The van der Waals surface area contributed by atoms with Crippen molar-refractivity contribution in [1.29, 1.82) is 0 Å². The summed E-state index contributed by atoms with van der Waals surface area (Å²) >= 11 is 0. The fraction of sp³-hybridized carbons (Fsp3) is 0.900. The van der Waals surface area contributed by atoms with E-state index in [2.05, 4.69) is 40.7 Å². The zero-order valence-electron chi connectivity index (χ0n) is 23.2. The lowest BCUT2D eigenvalue weighted by Gasteiger charge is -2.72. The first-order valence-electron chi connectivity index (χ1n) is 14.3.